The van der Waals surface area contributed by atoms with Crippen molar-refractivity contribution in [2.75, 3.05) is 6.54 Å². The van der Waals surface area contributed by atoms with Crippen molar-refractivity contribution in [2.45, 2.75) is 84.5 Å². The van der Waals surface area contributed by atoms with Gasteiger partial charge in [0.2, 0.25) is 5.91 Å². The van der Waals surface area contributed by atoms with Crippen LogP contribution in [0.3, 0.4) is 0 Å². The lowest BCUT2D eigenvalue weighted by Gasteiger charge is -2.30. The van der Waals surface area contributed by atoms with Crippen molar-refractivity contribution >= 4 is 5.91 Å². The van der Waals surface area contributed by atoms with Gasteiger partial charge in [-0.1, -0.05) is 46.0 Å². The van der Waals surface area contributed by atoms with E-state index >= 15 is 0 Å². The van der Waals surface area contributed by atoms with Gasteiger partial charge < -0.3 is 5.32 Å². The highest BCUT2D eigenvalue weighted by Gasteiger charge is 2.26. The highest BCUT2D eigenvalue weighted by atomic mass is 16.1. The molecule has 2 saturated carbocycles. The van der Waals surface area contributed by atoms with Crippen LogP contribution in [-0.2, 0) is 4.79 Å². The molecule has 0 bridgehead atoms. The van der Waals surface area contributed by atoms with Crippen LogP contribution in [0.2, 0.25) is 0 Å². The van der Waals surface area contributed by atoms with Gasteiger partial charge in [-0.15, -0.1) is 0 Å². The quantitative estimate of drug-likeness (QED) is 0.739. The van der Waals surface area contributed by atoms with Gasteiger partial charge in [-0.25, -0.2) is 0 Å². The Bertz CT molecular complexity index is 299. The van der Waals surface area contributed by atoms with E-state index in [0.29, 0.717) is 11.8 Å². The normalized spacial score (nSPS) is 33.6. The monoisotopic (exact) mass is 293 g/mol. The zero-order valence-corrected chi connectivity index (χ0v) is 14.2. The minimum atomic E-state index is 0.309. The maximum absolute atomic E-state index is 12.3. The maximum atomic E-state index is 12.3. The van der Waals surface area contributed by atoms with Crippen LogP contribution in [0, 0.1) is 23.7 Å². The average molecular weight is 293 g/mol. The van der Waals surface area contributed by atoms with Gasteiger partial charge in [0.25, 0.3) is 0 Å². The van der Waals surface area contributed by atoms with E-state index < -0.39 is 0 Å². The van der Waals surface area contributed by atoms with E-state index in [2.05, 4.69) is 19.2 Å². The van der Waals surface area contributed by atoms with E-state index in [9.17, 15) is 4.79 Å². The van der Waals surface area contributed by atoms with Crippen LogP contribution in [0.15, 0.2) is 0 Å². The molecule has 1 amide bonds. The van der Waals surface area contributed by atoms with Crippen LogP contribution < -0.4 is 5.32 Å². The number of hydrogen-bond donors (Lipinski definition) is 1. The van der Waals surface area contributed by atoms with Gasteiger partial charge in [-0.05, 0) is 56.3 Å². The van der Waals surface area contributed by atoms with Crippen LogP contribution in [-0.4, -0.2) is 12.5 Å². The predicted molar refractivity (Wildman–Crippen MR) is 89.1 cm³/mol. The Kier molecular flexibility index (Phi) is 7.06. The molecule has 0 aliphatic heterocycles. The Morgan fingerprint density at radius 1 is 0.857 bits per heavy atom. The van der Waals surface area contributed by atoms with Crippen molar-refractivity contribution in [1.29, 1.82) is 0 Å². The number of hydrogen-bond acceptors (Lipinski definition) is 1. The topological polar surface area (TPSA) is 29.1 Å². The first-order valence-corrected chi connectivity index (χ1v) is 9.50. The van der Waals surface area contributed by atoms with Crippen molar-refractivity contribution in [3.8, 4) is 0 Å². The molecule has 0 aromatic carbocycles. The molecule has 0 saturated heterocycles. The van der Waals surface area contributed by atoms with Crippen LogP contribution in [0.5, 0.6) is 0 Å². The van der Waals surface area contributed by atoms with Crippen LogP contribution in [0.25, 0.3) is 0 Å². The second-order valence-corrected chi connectivity index (χ2v) is 7.55. The van der Waals surface area contributed by atoms with E-state index in [1.165, 1.54) is 57.8 Å². The fourth-order valence-corrected chi connectivity index (χ4v) is 4.35. The molecule has 0 aromatic rings. The molecule has 2 aliphatic carbocycles. The summed E-state index contributed by atoms with van der Waals surface area (Å²) in [6.45, 7) is 5.50. The lowest BCUT2D eigenvalue weighted by atomic mass is 9.79. The molecule has 2 rings (SSSR count). The summed E-state index contributed by atoms with van der Waals surface area (Å²) in [5, 5.41) is 3.26. The van der Waals surface area contributed by atoms with E-state index in [1.54, 1.807) is 0 Å². The molecule has 0 spiro atoms. The summed E-state index contributed by atoms with van der Waals surface area (Å²) >= 11 is 0. The van der Waals surface area contributed by atoms with Crippen molar-refractivity contribution in [1.82, 2.24) is 5.32 Å². The van der Waals surface area contributed by atoms with Gasteiger partial charge in [0.15, 0.2) is 0 Å². The number of nitrogens with one attached hydrogen (secondary N) is 1. The summed E-state index contributed by atoms with van der Waals surface area (Å²) in [6.07, 6.45) is 14.2. The smallest absolute Gasteiger partial charge is 0.223 e. The summed E-state index contributed by atoms with van der Waals surface area (Å²) < 4.78 is 0. The van der Waals surface area contributed by atoms with Gasteiger partial charge in [0, 0.05) is 12.5 Å². The zero-order chi connectivity index (χ0) is 15.1. The van der Waals surface area contributed by atoms with E-state index in [-0.39, 0.29) is 0 Å². The molecule has 21 heavy (non-hydrogen) atoms. The molecule has 0 heterocycles. The van der Waals surface area contributed by atoms with E-state index in [0.717, 1.165) is 37.1 Å². The summed E-state index contributed by atoms with van der Waals surface area (Å²) in [6, 6.07) is 0. The second kappa shape index (κ2) is 8.80. The van der Waals surface area contributed by atoms with Crippen molar-refractivity contribution in [3.05, 3.63) is 0 Å². The summed E-state index contributed by atoms with van der Waals surface area (Å²) in [5.74, 6) is 3.24. The van der Waals surface area contributed by atoms with Gasteiger partial charge in [-0.3, -0.25) is 4.79 Å². The Balaban J connectivity index is 1.61. The van der Waals surface area contributed by atoms with Crippen molar-refractivity contribution in [3.63, 3.8) is 0 Å². The Morgan fingerprint density at radius 2 is 1.43 bits per heavy atom. The lowest BCUT2D eigenvalue weighted by molar-refractivity contribution is -0.126. The molecule has 122 valence electrons. The Labute approximate surface area is 131 Å². The molecule has 0 unspecified atom stereocenters. The highest BCUT2D eigenvalue weighted by molar-refractivity contribution is 5.78. The molecule has 2 aliphatic rings. The first-order valence-electron chi connectivity index (χ1n) is 9.50. The summed E-state index contributed by atoms with van der Waals surface area (Å²) in [4.78, 5) is 12.3. The minimum absolute atomic E-state index is 0.309. The fraction of sp³-hybridized carbons (Fsp3) is 0.947. The molecule has 0 radical (unpaired) electrons. The van der Waals surface area contributed by atoms with Crippen molar-refractivity contribution in [2.24, 2.45) is 23.7 Å². The molecule has 0 atom stereocenters. The first-order chi connectivity index (χ1) is 10.2. The third-order valence-corrected chi connectivity index (χ3v) is 6.02. The SMILES string of the molecule is CCCC1CCC(CNC(=O)C2CCC(CC)CC2)CC1. The van der Waals surface area contributed by atoms with Crippen LogP contribution in [0.1, 0.15) is 84.5 Å². The first kappa shape index (κ1) is 16.8. The van der Waals surface area contributed by atoms with Gasteiger partial charge >= 0.3 is 0 Å². The number of carbonyl (C=O) groups excluding carboxylic acids is 1. The number of carbonyl (C=O) groups is 1. The standard InChI is InChI=1S/C19H35NO/c1-3-5-16-6-8-17(9-7-16)14-20-19(21)18-12-10-15(4-2)11-13-18/h15-18H,3-14H2,1-2H3,(H,20,21). The Hall–Kier alpha value is -0.530. The number of amides is 1. The zero-order valence-electron chi connectivity index (χ0n) is 14.2. The summed E-state index contributed by atoms with van der Waals surface area (Å²) in [7, 11) is 0. The van der Waals surface area contributed by atoms with Crippen LogP contribution >= 0.6 is 0 Å². The van der Waals surface area contributed by atoms with Gasteiger partial charge in [0.05, 0.1) is 0 Å². The molecule has 1 N–H and O–H groups in total. The highest BCUT2D eigenvalue weighted by Crippen LogP contribution is 2.32. The fourth-order valence-electron chi connectivity index (χ4n) is 4.35. The van der Waals surface area contributed by atoms with Crippen LogP contribution in [0.4, 0.5) is 0 Å². The molecule has 2 heteroatoms. The van der Waals surface area contributed by atoms with Crippen molar-refractivity contribution < 1.29 is 4.79 Å². The molecular weight excluding hydrogens is 258 g/mol. The largest absolute Gasteiger partial charge is 0.356 e. The average Bonchev–Trinajstić information content (AvgIpc) is 2.54. The van der Waals surface area contributed by atoms with Gasteiger partial charge in [-0.2, -0.15) is 0 Å². The number of rotatable bonds is 6. The molecule has 0 aromatic heterocycles. The third-order valence-electron chi connectivity index (χ3n) is 6.02. The predicted octanol–water partition coefficient (Wildman–Crippen LogP) is 4.93. The molecule has 2 nitrogen and oxygen atoms in total. The summed E-state index contributed by atoms with van der Waals surface area (Å²) in [5.41, 5.74) is 0. The van der Waals surface area contributed by atoms with E-state index in [1.807, 2.05) is 0 Å². The Morgan fingerprint density at radius 3 is 2.00 bits per heavy atom. The van der Waals surface area contributed by atoms with Gasteiger partial charge in [0.1, 0.15) is 0 Å². The third kappa shape index (κ3) is 5.30. The molecular formula is C19H35NO. The van der Waals surface area contributed by atoms with E-state index in [4.69, 9.17) is 0 Å². The molecule has 2 fully saturated rings. The minimum Gasteiger partial charge on any atom is -0.356 e. The lowest BCUT2D eigenvalue weighted by Crippen LogP contribution is -2.37. The maximum Gasteiger partial charge on any atom is 0.223 e. The second-order valence-electron chi connectivity index (χ2n) is 7.55.